The summed E-state index contributed by atoms with van der Waals surface area (Å²) in [6.45, 7) is 2.77. The summed E-state index contributed by atoms with van der Waals surface area (Å²) in [7, 11) is -2.40. The molecular weight excluding hydrogens is 402 g/mol. The van der Waals surface area contributed by atoms with E-state index in [2.05, 4.69) is 10.2 Å². The molecule has 0 saturated carbocycles. The molecule has 150 valence electrons. The van der Waals surface area contributed by atoms with E-state index in [1.807, 2.05) is 12.1 Å². The van der Waals surface area contributed by atoms with Gasteiger partial charge in [-0.1, -0.05) is 11.6 Å². The van der Waals surface area contributed by atoms with E-state index in [-0.39, 0.29) is 11.4 Å². The summed E-state index contributed by atoms with van der Waals surface area (Å²) < 4.78 is 31.4. The Morgan fingerprint density at radius 1 is 1.11 bits per heavy atom. The number of halogens is 1. The fourth-order valence-corrected chi connectivity index (χ4v) is 4.10. The highest BCUT2D eigenvalue weighted by molar-refractivity contribution is 7.89. The number of benzene rings is 2. The predicted octanol–water partition coefficient (Wildman–Crippen LogP) is 2.44. The lowest BCUT2D eigenvalue weighted by molar-refractivity contribution is -0.116. The molecule has 0 aromatic heterocycles. The normalized spacial score (nSPS) is 14.9. The summed E-state index contributed by atoms with van der Waals surface area (Å²) >= 11 is 5.79. The Balaban J connectivity index is 1.59. The summed E-state index contributed by atoms with van der Waals surface area (Å²) in [5, 5.41) is 3.17. The van der Waals surface area contributed by atoms with Gasteiger partial charge in [0, 0.05) is 36.5 Å². The lowest BCUT2D eigenvalue weighted by Crippen LogP contribution is -2.36. The molecule has 0 spiro atoms. The van der Waals surface area contributed by atoms with Crippen molar-refractivity contribution in [2.24, 2.45) is 0 Å². The molecule has 7 nitrogen and oxygen atoms in total. The molecule has 0 bridgehead atoms. The lowest BCUT2D eigenvalue weighted by atomic mass is 10.2. The molecule has 1 fully saturated rings. The minimum atomic E-state index is -3.77. The largest absolute Gasteiger partial charge is 0.378 e. The first-order chi connectivity index (χ1) is 13.4. The van der Waals surface area contributed by atoms with Crippen molar-refractivity contribution in [3.05, 3.63) is 53.6 Å². The molecule has 9 heteroatoms. The molecule has 1 saturated heterocycles. The second kappa shape index (κ2) is 8.91. The van der Waals surface area contributed by atoms with Crippen LogP contribution in [0.15, 0.2) is 53.4 Å². The van der Waals surface area contributed by atoms with Crippen LogP contribution in [-0.4, -0.2) is 58.5 Å². The molecule has 1 aliphatic heterocycles. The first kappa shape index (κ1) is 20.6. The quantitative estimate of drug-likeness (QED) is 0.772. The summed E-state index contributed by atoms with van der Waals surface area (Å²) in [6.07, 6.45) is 0. The van der Waals surface area contributed by atoms with E-state index in [0.717, 1.165) is 23.1 Å². The van der Waals surface area contributed by atoms with Crippen LogP contribution in [0.3, 0.4) is 0 Å². The minimum absolute atomic E-state index is 0.0852. The second-order valence-electron chi connectivity index (χ2n) is 6.41. The number of ether oxygens (including phenoxy) is 1. The van der Waals surface area contributed by atoms with Gasteiger partial charge in [-0.25, -0.2) is 8.42 Å². The van der Waals surface area contributed by atoms with Crippen LogP contribution >= 0.6 is 11.6 Å². The zero-order valence-corrected chi connectivity index (χ0v) is 17.0. The standard InChI is InChI=1S/C19H22ClN3O4S/c1-22(28(25,26)18-8-2-15(20)3-9-18)14-19(24)21-16-4-6-17(7-5-16)23-10-12-27-13-11-23/h2-9H,10-14H2,1H3,(H,21,24). The van der Waals surface area contributed by atoms with Gasteiger partial charge in [-0.05, 0) is 48.5 Å². The highest BCUT2D eigenvalue weighted by Gasteiger charge is 2.23. The third-order valence-corrected chi connectivity index (χ3v) is 6.48. The molecule has 28 heavy (non-hydrogen) atoms. The number of carbonyl (C=O) groups is 1. The summed E-state index contributed by atoms with van der Waals surface area (Å²) in [5.74, 6) is -0.417. The number of hydrogen-bond donors (Lipinski definition) is 1. The SMILES string of the molecule is CN(CC(=O)Nc1ccc(N2CCOCC2)cc1)S(=O)(=O)c1ccc(Cl)cc1. The maximum atomic E-state index is 12.5. The van der Waals surface area contributed by atoms with Gasteiger partial charge in [0.1, 0.15) is 0 Å². The van der Waals surface area contributed by atoms with Crippen LogP contribution in [0.5, 0.6) is 0 Å². The van der Waals surface area contributed by atoms with Gasteiger partial charge < -0.3 is 15.0 Å². The Hall–Kier alpha value is -2.13. The van der Waals surface area contributed by atoms with Crippen LogP contribution in [0.25, 0.3) is 0 Å². The Morgan fingerprint density at radius 3 is 2.32 bits per heavy atom. The van der Waals surface area contributed by atoms with E-state index in [1.54, 1.807) is 12.1 Å². The highest BCUT2D eigenvalue weighted by atomic mass is 35.5. The maximum absolute atomic E-state index is 12.5. The van der Waals surface area contributed by atoms with Gasteiger partial charge in [0.25, 0.3) is 0 Å². The van der Waals surface area contributed by atoms with E-state index in [0.29, 0.717) is 23.9 Å². The van der Waals surface area contributed by atoms with Crippen LogP contribution in [0.1, 0.15) is 0 Å². The molecule has 0 aliphatic carbocycles. The van der Waals surface area contributed by atoms with Crippen LogP contribution in [0, 0.1) is 0 Å². The van der Waals surface area contributed by atoms with E-state index in [4.69, 9.17) is 16.3 Å². The molecule has 1 aliphatic rings. The molecule has 0 atom stereocenters. The van der Waals surface area contributed by atoms with Crippen LogP contribution < -0.4 is 10.2 Å². The van der Waals surface area contributed by atoms with Crippen molar-refractivity contribution < 1.29 is 17.9 Å². The molecular formula is C19H22ClN3O4S. The van der Waals surface area contributed by atoms with E-state index >= 15 is 0 Å². The summed E-state index contributed by atoms with van der Waals surface area (Å²) in [6, 6.07) is 13.3. The van der Waals surface area contributed by atoms with E-state index in [1.165, 1.54) is 31.3 Å². The number of likely N-dealkylation sites (N-methyl/N-ethyl adjacent to an activating group) is 1. The van der Waals surface area contributed by atoms with Crippen molar-refractivity contribution in [1.82, 2.24) is 4.31 Å². The average molecular weight is 424 g/mol. The zero-order chi connectivity index (χ0) is 20.1. The third-order valence-electron chi connectivity index (χ3n) is 4.42. The number of amides is 1. The Morgan fingerprint density at radius 2 is 1.71 bits per heavy atom. The molecule has 1 N–H and O–H groups in total. The van der Waals surface area contributed by atoms with Gasteiger partial charge in [-0.3, -0.25) is 4.79 Å². The Labute approximate surface area is 169 Å². The summed E-state index contributed by atoms with van der Waals surface area (Å²) in [4.78, 5) is 14.6. The number of hydrogen-bond acceptors (Lipinski definition) is 5. The predicted molar refractivity (Wildman–Crippen MR) is 109 cm³/mol. The van der Waals surface area contributed by atoms with Gasteiger partial charge in [0.2, 0.25) is 15.9 Å². The number of morpholine rings is 1. The fraction of sp³-hybridized carbons (Fsp3) is 0.316. The van der Waals surface area contributed by atoms with Crippen molar-refractivity contribution in [3.8, 4) is 0 Å². The average Bonchev–Trinajstić information content (AvgIpc) is 2.69. The number of nitrogens with one attached hydrogen (secondary N) is 1. The molecule has 3 rings (SSSR count). The molecule has 2 aromatic rings. The molecule has 0 radical (unpaired) electrons. The topological polar surface area (TPSA) is 79.0 Å². The number of anilines is 2. The van der Waals surface area contributed by atoms with Gasteiger partial charge in [0.05, 0.1) is 24.7 Å². The van der Waals surface area contributed by atoms with Crippen LogP contribution in [-0.2, 0) is 19.6 Å². The van der Waals surface area contributed by atoms with Crippen molar-refractivity contribution in [1.29, 1.82) is 0 Å². The second-order valence-corrected chi connectivity index (χ2v) is 8.89. The lowest BCUT2D eigenvalue weighted by Gasteiger charge is -2.28. The van der Waals surface area contributed by atoms with Crippen molar-refractivity contribution >= 4 is 38.9 Å². The first-order valence-corrected chi connectivity index (χ1v) is 10.6. The van der Waals surface area contributed by atoms with Crippen molar-refractivity contribution in [3.63, 3.8) is 0 Å². The molecule has 1 heterocycles. The van der Waals surface area contributed by atoms with E-state index in [9.17, 15) is 13.2 Å². The smallest absolute Gasteiger partial charge is 0.243 e. The maximum Gasteiger partial charge on any atom is 0.243 e. The van der Waals surface area contributed by atoms with Crippen molar-refractivity contribution in [2.45, 2.75) is 4.90 Å². The monoisotopic (exact) mass is 423 g/mol. The number of carbonyl (C=O) groups excluding carboxylic acids is 1. The van der Waals surface area contributed by atoms with Crippen LogP contribution in [0.4, 0.5) is 11.4 Å². The molecule has 2 aromatic carbocycles. The highest BCUT2D eigenvalue weighted by Crippen LogP contribution is 2.20. The zero-order valence-electron chi connectivity index (χ0n) is 15.5. The Kier molecular flexibility index (Phi) is 6.56. The van der Waals surface area contributed by atoms with Crippen molar-refractivity contribution in [2.75, 3.05) is 50.1 Å². The number of sulfonamides is 1. The van der Waals surface area contributed by atoms with Gasteiger partial charge in [-0.2, -0.15) is 4.31 Å². The van der Waals surface area contributed by atoms with Gasteiger partial charge in [0.15, 0.2) is 0 Å². The Bertz CT molecular complexity index is 911. The summed E-state index contributed by atoms with van der Waals surface area (Å²) in [5.41, 5.74) is 1.67. The van der Waals surface area contributed by atoms with E-state index < -0.39 is 15.9 Å². The van der Waals surface area contributed by atoms with Gasteiger partial charge >= 0.3 is 0 Å². The van der Waals surface area contributed by atoms with Crippen LogP contribution in [0.2, 0.25) is 5.02 Å². The number of rotatable bonds is 6. The third kappa shape index (κ3) is 5.02. The fourth-order valence-electron chi connectivity index (χ4n) is 2.85. The number of nitrogens with zero attached hydrogens (tertiary/aromatic N) is 2. The minimum Gasteiger partial charge on any atom is -0.378 e. The molecule has 0 unspecified atom stereocenters. The van der Waals surface area contributed by atoms with Gasteiger partial charge in [-0.15, -0.1) is 0 Å². The molecule has 1 amide bonds. The first-order valence-electron chi connectivity index (χ1n) is 8.81.